The average Bonchev–Trinajstić information content (AvgIpc) is 2.13. The molecule has 16 heavy (non-hydrogen) atoms. The second kappa shape index (κ2) is 7.12. The van der Waals surface area contributed by atoms with E-state index in [1.165, 1.54) is 0 Å². The average molecular weight is 217 g/mol. The van der Waals surface area contributed by atoms with Crippen molar-refractivity contribution < 1.29 is 0 Å². The van der Waals surface area contributed by atoms with E-state index in [1.54, 1.807) is 0 Å². The first-order chi connectivity index (χ1) is 7.19. The molecule has 0 aliphatic heterocycles. The number of hydrogen-bond donors (Lipinski definition) is 0. The van der Waals surface area contributed by atoms with E-state index < -0.39 is 0 Å². The molecule has 0 aromatic rings. The maximum Gasteiger partial charge on any atom is -0.0104 e. The summed E-state index contributed by atoms with van der Waals surface area (Å²) in [6, 6.07) is 0. The lowest BCUT2D eigenvalue weighted by molar-refractivity contribution is 0.254. The highest BCUT2D eigenvalue weighted by Gasteiger charge is 2.26. The van der Waals surface area contributed by atoms with Crippen molar-refractivity contribution in [3.05, 3.63) is 37.0 Å². The van der Waals surface area contributed by atoms with Crippen molar-refractivity contribution >= 4 is 0 Å². The summed E-state index contributed by atoms with van der Waals surface area (Å²) >= 11 is 0. The zero-order valence-corrected chi connectivity index (χ0v) is 11.4. The highest BCUT2D eigenvalue weighted by Crippen LogP contribution is 2.38. The Morgan fingerprint density at radius 1 is 1.19 bits per heavy atom. The Morgan fingerprint density at radius 3 is 1.94 bits per heavy atom. The third kappa shape index (κ3) is 8.12. The van der Waals surface area contributed by atoms with Gasteiger partial charge in [-0.3, -0.25) is 0 Å². The normalized spacial score (nSPS) is 11.7. The molecule has 0 heteroatoms. The van der Waals surface area contributed by atoms with Crippen LogP contribution in [-0.4, -0.2) is 0 Å². The van der Waals surface area contributed by atoms with Gasteiger partial charge in [0.1, 0.15) is 0 Å². The fraction of sp³-hybridized carbons (Fsp3) is 0.500. The van der Waals surface area contributed by atoms with Gasteiger partial charge in [-0.25, -0.2) is 0 Å². The van der Waals surface area contributed by atoms with E-state index >= 15 is 0 Å². The summed E-state index contributed by atoms with van der Waals surface area (Å²) in [4.78, 5) is 0. The minimum Gasteiger partial charge on any atom is -0.124 e. The lowest BCUT2D eigenvalue weighted by Gasteiger charge is -2.33. The molecule has 0 N–H and O–H groups in total. The van der Waals surface area contributed by atoms with E-state index in [-0.39, 0.29) is 5.41 Å². The molecule has 0 aromatic carbocycles. The SMILES string of the molecule is C#C.C=[C]/C=C\C(=C)C(C)(C)CC(C)(C)C. The van der Waals surface area contributed by atoms with Crippen LogP contribution in [0.25, 0.3) is 0 Å². The number of terminal acetylenes is 1. The van der Waals surface area contributed by atoms with Gasteiger partial charge in [0.25, 0.3) is 0 Å². The highest BCUT2D eigenvalue weighted by molar-refractivity contribution is 5.23. The fourth-order valence-corrected chi connectivity index (χ4v) is 1.82. The van der Waals surface area contributed by atoms with Crippen LogP contribution in [0, 0.1) is 29.8 Å². The molecule has 0 nitrogen and oxygen atoms in total. The minimum absolute atomic E-state index is 0.144. The van der Waals surface area contributed by atoms with Crippen molar-refractivity contribution in [1.29, 1.82) is 0 Å². The molecular weight excluding hydrogens is 192 g/mol. The van der Waals surface area contributed by atoms with E-state index in [4.69, 9.17) is 0 Å². The standard InChI is InChI=1S/C14H23.C2H2/c1-8-9-10-12(2)14(6,7)11-13(3,4)5;1-2/h9-10H,1-2,11H2,3-7H3;1-2H/b10-9-;. The molecule has 0 atom stereocenters. The van der Waals surface area contributed by atoms with Crippen LogP contribution in [0.15, 0.2) is 30.9 Å². The summed E-state index contributed by atoms with van der Waals surface area (Å²) in [6.07, 6.45) is 15.7. The van der Waals surface area contributed by atoms with Gasteiger partial charge in [0.2, 0.25) is 0 Å². The van der Waals surface area contributed by atoms with Crippen LogP contribution >= 0.6 is 0 Å². The van der Waals surface area contributed by atoms with Crippen LogP contribution in [0.3, 0.4) is 0 Å². The Balaban J connectivity index is 0. The summed E-state index contributed by atoms with van der Waals surface area (Å²) in [5.41, 5.74) is 1.62. The third-order valence-electron chi connectivity index (χ3n) is 2.24. The van der Waals surface area contributed by atoms with E-state index in [0.717, 1.165) is 12.0 Å². The number of hydrogen-bond acceptors (Lipinski definition) is 0. The molecule has 0 aromatic heterocycles. The fourth-order valence-electron chi connectivity index (χ4n) is 1.82. The van der Waals surface area contributed by atoms with Gasteiger partial charge in [-0.05, 0) is 28.9 Å². The molecule has 0 fully saturated rings. The van der Waals surface area contributed by atoms with Gasteiger partial charge in [0, 0.05) is 0 Å². The summed E-state index contributed by atoms with van der Waals surface area (Å²) in [5.74, 6) is 0. The number of allylic oxidation sites excluding steroid dienone is 4. The van der Waals surface area contributed by atoms with Gasteiger partial charge in [0.05, 0.1) is 0 Å². The highest BCUT2D eigenvalue weighted by atomic mass is 14.3. The molecular formula is C16H25. The first-order valence-corrected chi connectivity index (χ1v) is 5.41. The largest absolute Gasteiger partial charge is 0.124 e. The van der Waals surface area contributed by atoms with Gasteiger partial charge in [-0.2, -0.15) is 0 Å². The summed E-state index contributed by atoms with van der Waals surface area (Å²) < 4.78 is 0. The van der Waals surface area contributed by atoms with Gasteiger partial charge in [-0.15, -0.1) is 12.8 Å². The van der Waals surface area contributed by atoms with Crippen LogP contribution in [0.4, 0.5) is 0 Å². The molecule has 0 aliphatic carbocycles. The maximum atomic E-state index is 4.09. The zero-order valence-electron chi connectivity index (χ0n) is 11.4. The molecule has 0 amide bonds. The molecule has 0 saturated carbocycles. The zero-order chi connectivity index (χ0) is 13.4. The Hall–Kier alpha value is -1.22. The Kier molecular flexibility index (Phi) is 7.65. The van der Waals surface area contributed by atoms with Crippen molar-refractivity contribution in [2.75, 3.05) is 0 Å². The van der Waals surface area contributed by atoms with Crippen LogP contribution in [0.5, 0.6) is 0 Å². The second-order valence-electron chi connectivity index (χ2n) is 5.68. The van der Waals surface area contributed by atoms with Gasteiger partial charge in [0.15, 0.2) is 0 Å². The molecule has 0 aliphatic rings. The summed E-state index contributed by atoms with van der Waals surface area (Å²) in [6.45, 7) is 18.9. The van der Waals surface area contributed by atoms with Gasteiger partial charge < -0.3 is 0 Å². The minimum atomic E-state index is 0.144. The van der Waals surface area contributed by atoms with Crippen LogP contribution in [0.1, 0.15) is 41.0 Å². The predicted octanol–water partition coefficient (Wildman–Crippen LogP) is 4.80. The van der Waals surface area contributed by atoms with E-state index in [0.29, 0.717) is 5.41 Å². The molecule has 0 unspecified atom stereocenters. The summed E-state index contributed by atoms with van der Waals surface area (Å²) in [7, 11) is 0. The lowest BCUT2D eigenvalue weighted by Crippen LogP contribution is -2.21. The Morgan fingerprint density at radius 2 is 1.62 bits per heavy atom. The van der Waals surface area contributed by atoms with Gasteiger partial charge >= 0.3 is 0 Å². The van der Waals surface area contributed by atoms with Crippen molar-refractivity contribution in [2.24, 2.45) is 10.8 Å². The predicted molar refractivity (Wildman–Crippen MR) is 74.9 cm³/mol. The molecule has 1 radical (unpaired) electrons. The van der Waals surface area contributed by atoms with Crippen LogP contribution < -0.4 is 0 Å². The summed E-state index contributed by atoms with van der Waals surface area (Å²) in [5, 5.41) is 0. The molecule has 0 saturated heterocycles. The topological polar surface area (TPSA) is 0 Å². The smallest absolute Gasteiger partial charge is 0.0104 e. The van der Waals surface area contributed by atoms with E-state index in [1.807, 2.05) is 12.2 Å². The van der Waals surface area contributed by atoms with Crippen molar-refractivity contribution in [2.45, 2.75) is 41.0 Å². The van der Waals surface area contributed by atoms with Crippen LogP contribution in [-0.2, 0) is 0 Å². The molecule has 0 rings (SSSR count). The molecule has 0 spiro atoms. The van der Waals surface area contributed by atoms with Gasteiger partial charge in [-0.1, -0.05) is 59.9 Å². The maximum absolute atomic E-state index is 4.09. The first kappa shape index (κ1) is 17.2. The van der Waals surface area contributed by atoms with Crippen molar-refractivity contribution in [3.8, 4) is 12.8 Å². The number of rotatable bonds is 4. The van der Waals surface area contributed by atoms with Crippen molar-refractivity contribution in [1.82, 2.24) is 0 Å². The van der Waals surface area contributed by atoms with E-state index in [2.05, 4.69) is 66.7 Å². The Bertz CT molecular complexity index is 266. The third-order valence-corrected chi connectivity index (χ3v) is 2.24. The van der Waals surface area contributed by atoms with Crippen LogP contribution in [0.2, 0.25) is 0 Å². The second-order valence-corrected chi connectivity index (χ2v) is 5.68. The molecule has 0 heterocycles. The monoisotopic (exact) mass is 217 g/mol. The molecule has 0 bridgehead atoms. The van der Waals surface area contributed by atoms with E-state index in [9.17, 15) is 0 Å². The lowest BCUT2D eigenvalue weighted by atomic mass is 9.72. The Labute approximate surface area is 102 Å². The van der Waals surface area contributed by atoms with Crippen molar-refractivity contribution in [3.63, 3.8) is 0 Å². The first-order valence-electron chi connectivity index (χ1n) is 5.41. The quantitative estimate of drug-likeness (QED) is 0.469. The molecule has 89 valence electrons.